The summed E-state index contributed by atoms with van der Waals surface area (Å²) in [6.45, 7) is 3.73. The summed E-state index contributed by atoms with van der Waals surface area (Å²) >= 11 is 11.5. The lowest BCUT2D eigenvalue weighted by molar-refractivity contribution is 0.851. The Balaban J connectivity index is 2.73. The zero-order valence-electron chi connectivity index (χ0n) is 4.90. The number of allylic oxidation sites excluding steroid dienone is 4. The molecule has 9 heavy (non-hydrogen) atoms. The highest BCUT2D eigenvalue weighted by molar-refractivity contribution is 6.32. The van der Waals surface area contributed by atoms with E-state index in [-0.39, 0.29) is 0 Å². The van der Waals surface area contributed by atoms with Crippen LogP contribution in [0.3, 0.4) is 0 Å². The van der Waals surface area contributed by atoms with Crippen LogP contribution in [0, 0.1) is 6.92 Å². The number of halogens is 2. The summed E-state index contributed by atoms with van der Waals surface area (Å²) in [4.78, 5) is -0.508. The van der Waals surface area contributed by atoms with E-state index in [2.05, 4.69) is 6.92 Å². The summed E-state index contributed by atoms with van der Waals surface area (Å²) in [5.41, 5.74) is 0. The molecule has 1 aliphatic carbocycles. The van der Waals surface area contributed by atoms with Gasteiger partial charge in [-0.1, -0.05) is 23.8 Å². The standard InChI is InChI=1S/C7H7Cl2/c1-7(9)4-2-3-6(8)5-7/h2-4H,1,5H2. The van der Waals surface area contributed by atoms with E-state index in [9.17, 15) is 0 Å². The molecule has 0 aromatic carbocycles. The molecule has 0 bridgehead atoms. The van der Waals surface area contributed by atoms with Crippen LogP contribution < -0.4 is 0 Å². The van der Waals surface area contributed by atoms with Crippen LogP contribution in [-0.4, -0.2) is 4.87 Å². The average Bonchev–Trinajstić information content (AvgIpc) is 1.60. The zero-order chi connectivity index (χ0) is 6.91. The van der Waals surface area contributed by atoms with Gasteiger partial charge in [0.2, 0.25) is 0 Å². The van der Waals surface area contributed by atoms with E-state index >= 15 is 0 Å². The summed E-state index contributed by atoms with van der Waals surface area (Å²) in [7, 11) is 0. The third-order valence-corrected chi connectivity index (χ3v) is 1.65. The van der Waals surface area contributed by atoms with Crippen molar-refractivity contribution in [1.29, 1.82) is 0 Å². The Morgan fingerprint density at radius 3 is 2.67 bits per heavy atom. The molecule has 0 spiro atoms. The zero-order valence-corrected chi connectivity index (χ0v) is 6.41. The van der Waals surface area contributed by atoms with E-state index in [1.807, 2.05) is 18.2 Å². The monoisotopic (exact) mass is 161 g/mol. The molecule has 0 N–H and O–H groups in total. The van der Waals surface area contributed by atoms with Gasteiger partial charge in [0, 0.05) is 11.5 Å². The Kier molecular flexibility index (Phi) is 1.88. The molecule has 2 heteroatoms. The van der Waals surface area contributed by atoms with Crippen molar-refractivity contribution in [2.24, 2.45) is 0 Å². The fourth-order valence-corrected chi connectivity index (χ4v) is 1.32. The molecule has 1 rings (SSSR count). The minimum Gasteiger partial charge on any atom is -0.114 e. The van der Waals surface area contributed by atoms with Gasteiger partial charge < -0.3 is 0 Å². The highest BCUT2D eigenvalue weighted by atomic mass is 35.5. The minimum absolute atomic E-state index is 0.508. The van der Waals surface area contributed by atoms with Gasteiger partial charge in [0.1, 0.15) is 0 Å². The van der Waals surface area contributed by atoms with Gasteiger partial charge >= 0.3 is 0 Å². The van der Waals surface area contributed by atoms with Gasteiger partial charge in [0.15, 0.2) is 0 Å². The van der Waals surface area contributed by atoms with Crippen LogP contribution in [0.25, 0.3) is 0 Å². The lowest BCUT2D eigenvalue weighted by Gasteiger charge is -2.18. The first-order valence-corrected chi connectivity index (χ1v) is 3.44. The third kappa shape index (κ3) is 2.04. The fourth-order valence-electron chi connectivity index (χ4n) is 0.724. The fraction of sp³-hybridized carbons (Fsp3) is 0.286. The molecule has 0 amide bonds. The second kappa shape index (κ2) is 2.36. The topological polar surface area (TPSA) is 0 Å². The highest BCUT2D eigenvalue weighted by Crippen LogP contribution is 2.29. The summed E-state index contributed by atoms with van der Waals surface area (Å²) < 4.78 is 0. The minimum atomic E-state index is -0.508. The van der Waals surface area contributed by atoms with E-state index in [1.165, 1.54) is 0 Å². The quantitative estimate of drug-likeness (QED) is 0.480. The average molecular weight is 162 g/mol. The molecule has 0 nitrogen and oxygen atoms in total. The molecule has 0 heterocycles. The highest BCUT2D eigenvalue weighted by Gasteiger charge is 2.19. The maximum absolute atomic E-state index is 5.84. The van der Waals surface area contributed by atoms with Crippen molar-refractivity contribution in [2.45, 2.75) is 11.3 Å². The van der Waals surface area contributed by atoms with Crippen LogP contribution in [0.1, 0.15) is 6.42 Å². The van der Waals surface area contributed by atoms with E-state index in [4.69, 9.17) is 23.2 Å². The van der Waals surface area contributed by atoms with E-state index in [1.54, 1.807) is 0 Å². The van der Waals surface area contributed by atoms with Gasteiger partial charge in [-0.25, -0.2) is 0 Å². The first-order valence-electron chi connectivity index (χ1n) is 2.68. The molecule has 1 unspecified atom stereocenters. The number of rotatable bonds is 0. The smallest absolute Gasteiger partial charge is 0.0678 e. The molecule has 0 fully saturated rings. The van der Waals surface area contributed by atoms with Crippen molar-refractivity contribution >= 4 is 23.2 Å². The Morgan fingerprint density at radius 2 is 2.33 bits per heavy atom. The lowest BCUT2D eigenvalue weighted by atomic mass is 10.0. The normalized spacial score (nSPS) is 34.3. The first-order chi connectivity index (χ1) is 4.10. The van der Waals surface area contributed by atoms with Gasteiger partial charge in [-0.15, -0.1) is 11.6 Å². The van der Waals surface area contributed by atoms with Crippen LogP contribution in [0.2, 0.25) is 0 Å². The molecule has 0 aromatic rings. The predicted octanol–water partition coefficient (Wildman–Crippen LogP) is 2.88. The number of hydrogen-bond acceptors (Lipinski definition) is 0. The molecule has 1 radical (unpaired) electrons. The maximum atomic E-state index is 5.84. The van der Waals surface area contributed by atoms with Crippen molar-refractivity contribution in [3.8, 4) is 0 Å². The van der Waals surface area contributed by atoms with Crippen molar-refractivity contribution in [3.63, 3.8) is 0 Å². The number of hydrogen-bond donors (Lipinski definition) is 0. The Morgan fingerprint density at radius 1 is 1.67 bits per heavy atom. The summed E-state index contributed by atoms with van der Waals surface area (Å²) in [6.07, 6.45) is 6.12. The maximum Gasteiger partial charge on any atom is 0.0678 e. The van der Waals surface area contributed by atoms with Crippen LogP contribution >= 0.6 is 23.2 Å². The molecular formula is C7H7Cl2. The Labute approximate surface area is 65.2 Å². The van der Waals surface area contributed by atoms with Crippen LogP contribution in [0.15, 0.2) is 23.3 Å². The van der Waals surface area contributed by atoms with Crippen LogP contribution in [-0.2, 0) is 0 Å². The van der Waals surface area contributed by atoms with E-state index < -0.39 is 4.87 Å². The van der Waals surface area contributed by atoms with Crippen molar-refractivity contribution < 1.29 is 0 Å². The largest absolute Gasteiger partial charge is 0.114 e. The SMILES string of the molecule is [CH2]C1(Cl)C=CC=C(Cl)C1. The van der Waals surface area contributed by atoms with Gasteiger partial charge in [-0.05, 0) is 13.0 Å². The Bertz CT molecular complexity index is 166. The van der Waals surface area contributed by atoms with Gasteiger partial charge in [-0.3, -0.25) is 0 Å². The van der Waals surface area contributed by atoms with E-state index in [0.29, 0.717) is 6.42 Å². The predicted molar refractivity (Wildman–Crippen MR) is 41.6 cm³/mol. The van der Waals surface area contributed by atoms with Crippen LogP contribution in [0.4, 0.5) is 0 Å². The van der Waals surface area contributed by atoms with Crippen molar-refractivity contribution in [3.05, 3.63) is 30.2 Å². The molecule has 0 saturated heterocycles. The number of alkyl halides is 1. The molecule has 1 aliphatic rings. The van der Waals surface area contributed by atoms with Crippen LogP contribution in [0.5, 0.6) is 0 Å². The second-order valence-electron chi connectivity index (χ2n) is 2.18. The second-order valence-corrected chi connectivity index (χ2v) is 3.42. The molecule has 1 atom stereocenters. The first kappa shape index (κ1) is 7.17. The molecular weight excluding hydrogens is 155 g/mol. The van der Waals surface area contributed by atoms with Crippen molar-refractivity contribution in [2.75, 3.05) is 0 Å². The molecule has 0 aromatic heterocycles. The van der Waals surface area contributed by atoms with Gasteiger partial charge in [0.05, 0.1) is 4.87 Å². The van der Waals surface area contributed by atoms with Crippen molar-refractivity contribution in [1.82, 2.24) is 0 Å². The third-order valence-electron chi connectivity index (χ3n) is 1.13. The lowest BCUT2D eigenvalue weighted by Crippen LogP contribution is -2.14. The summed E-state index contributed by atoms with van der Waals surface area (Å²) in [5.74, 6) is 0. The van der Waals surface area contributed by atoms with E-state index in [0.717, 1.165) is 5.03 Å². The molecule has 49 valence electrons. The van der Waals surface area contributed by atoms with Gasteiger partial charge in [-0.2, -0.15) is 0 Å². The molecule has 0 aliphatic heterocycles. The molecule has 0 saturated carbocycles. The summed E-state index contributed by atoms with van der Waals surface area (Å²) in [5, 5.41) is 0.766. The summed E-state index contributed by atoms with van der Waals surface area (Å²) in [6, 6.07) is 0. The Hall–Kier alpha value is 0.0600. The van der Waals surface area contributed by atoms with Gasteiger partial charge in [0.25, 0.3) is 0 Å².